The van der Waals surface area contributed by atoms with Crippen LogP contribution in [0.5, 0.6) is 0 Å². The van der Waals surface area contributed by atoms with Gasteiger partial charge in [-0.3, -0.25) is 4.79 Å². The molecule has 0 atom stereocenters. The summed E-state index contributed by atoms with van der Waals surface area (Å²) in [6.45, 7) is 2.02. The highest BCUT2D eigenvalue weighted by molar-refractivity contribution is 6.24. The molecule has 1 aliphatic rings. The standard InChI is InChI=1S/C26H23NO3/c1-17-6-8-19(9-7-17)24(25(28)27-22-14-15-22)16-21-4-2-3-5-23(21)18-10-12-20(13-11-18)26(29)30/h2-13,16,22H,14-15H2,1H3,(H,27,28)(H,29,30). The Labute approximate surface area is 175 Å². The highest BCUT2D eigenvalue weighted by Crippen LogP contribution is 2.29. The van der Waals surface area contributed by atoms with Gasteiger partial charge < -0.3 is 10.4 Å². The molecule has 1 aliphatic carbocycles. The summed E-state index contributed by atoms with van der Waals surface area (Å²) < 4.78 is 0. The Morgan fingerprint density at radius 1 is 0.900 bits per heavy atom. The number of hydrogen-bond acceptors (Lipinski definition) is 2. The Bertz CT molecular complexity index is 1110. The molecule has 0 aromatic heterocycles. The van der Waals surface area contributed by atoms with Crippen molar-refractivity contribution in [3.05, 3.63) is 95.1 Å². The van der Waals surface area contributed by atoms with Crippen molar-refractivity contribution in [3.63, 3.8) is 0 Å². The summed E-state index contributed by atoms with van der Waals surface area (Å²) in [5, 5.41) is 12.2. The topological polar surface area (TPSA) is 66.4 Å². The van der Waals surface area contributed by atoms with E-state index in [2.05, 4.69) is 5.32 Å². The summed E-state index contributed by atoms with van der Waals surface area (Å²) in [6, 6.07) is 22.8. The number of carbonyl (C=O) groups is 2. The van der Waals surface area contributed by atoms with Crippen LogP contribution in [-0.2, 0) is 4.79 Å². The van der Waals surface area contributed by atoms with Gasteiger partial charge in [-0.15, -0.1) is 0 Å². The average Bonchev–Trinajstić information content (AvgIpc) is 3.57. The van der Waals surface area contributed by atoms with Crippen LogP contribution in [0.4, 0.5) is 0 Å². The number of carboxylic acids is 1. The van der Waals surface area contributed by atoms with Crippen LogP contribution < -0.4 is 5.32 Å². The molecular weight excluding hydrogens is 374 g/mol. The van der Waals surface area contributed by atoms with E-state index < -0.39 is 5.97 Å². The number of rotatable bonds is 6. The molecule has 0 radical (unpaired) electrons. The number of carboxylic acid groups (broad SMARTS) is 1. The fourth-order valence-corrected chi connectivity index (χ4v) is 3.34. The van der Waals surface area contributed by atoms with Gasteiger partial charge in [-0.1, -0.05) is 66.2 Å². The number of hydrogen-bond donors (Lipinski definition) is 2. The molecule has 1 saturated carbocycles. The number of aromatic carboxylic acids is 1. The van der Waals surface area contributed by atoms with Crippen molar-refractivity contribution in [2.75, 3.05) is 0 Å². The highest BCUT2D eigenvalue weighted by Gasteiger charge is 2.25. The molecular formula is C26H23NO3. The van der Waals surface area contributed by atoms with Crippen LogP contribution in [0.1, 0.15) is 39.9 Å². The maximum atomic E-state index is 13.0. The lowest BCUT2D eigenvalue weighted by Crippen LogP contribution is -2.26. The third kappa shape index (κ3) is 4.49. The molecule has 150 valence electrons. The fraction of sp³-hybridized carbons (Fsp3) is 0.154. The zero-order chi connectivity index (χ0) is 21.1. The Balaban J connectivity index is 1.77. The molecule has 4 rings (SSSR count). The molecule has 0 heterocycles. The largest absolute Gasteiger partial charge is 0.478 e. The van der Waals surface area contributed by atoms with E-state index in [1.807, 2.05) is 61.5 Å². The van der Waals surface area contributed by atoms with Crippen molar-refractivity contribution in [2.45, 2.75) is 25.8 Å². The van der Waals surface area contributed by atoms with Gasteiger partial charge in [0.15, 0.2) is 0 Å². The smallest absolute Gasteiger partial charge is 0.335 e. The van der Waals surface area contributed by atoms with Crippen LogP contribution in [0.3, 0.4) is 0 Å². The Morgan fingerprint density at radius 2 is 1.53 bits per heavy atom. The van der Waals surface area contributed by atoms with E-state index in [9.17, 15) is 9.59 Å². The molecule has 2 N–H and O–H groups in total. The van der Waals surface area contributed by atoms with E-state index >= 15 is 0 Å². The van der Waals surface area contributed by atoms with Gasteiger partial charge in [0.25, 0.3) is 5.91 Å². The quantitative estimate of drug-likeness (QED) is 0.445. The van der Waals surface area contributed by atoms with Gasteiger partial charge in [0.05, 0.1) is 5.56 Å². The van der Waals surface area contributed by atoms with Crippen LogP contribution in [0, 0.1) is 6.92 Å². The van der Waals surface area contributed by atoms with Gasteiger partial charge in [-0.05, 0) is 60.2 Å². The van der Waals surface area contributed by atoms with Gasteiger partial charge in [-0.25, -0.2) is 4.79 Å². The normalized spacial score (nSPS) is 13.7. The summed E-state index contributed by atoms with van der Waals surface area (Å²) >= 11 is 0. The van der Waals surface area contributed by atoms with E-state index in [1.54, 1.807) is 24.3 Å². The van der Waals surface area contributed by atoms with E-state index in [1.165, 1.54) is 0 Å². The molecule has 30 heavy (non-hydrogen) atoms. The minimum Gasteiger partial charge on any atom is -0.478 e. The second kappa shape index (κ2) is 8.37. The molecule has 0 spiro atoms. The number of nitrogens with one attached hydrogen (secondary N) is 1. The monoisotopic (exact) mass is 397 g/mol. The lowest BCUT2D eigenvalue weighted by atomic mass is 9.95. The predicted octanol–water partition coefficient (Wildman–Crippen LogP) is 5.18. The van der Waals surface area contributed by atoms with Crippen LogP contribution >= 0.6 is 0 Å². The Hall–Kier alpha value is -3.66. The first-order valence-electron chi connectivity index (χ1n) is 10.0. The first kappa shape index (κ1) is 19.6. The molecule has 4 heteroatoms. The molecule has 1 amide bonds. The molecule has 0 aliphatic heterocycles. The third-order valence-corrected chi connectivity index (χ3v) is 5.22. The average molecular weight is 397 g/mol. The van der Waals surface area contributed by atoms with Crippen molar-refractivity contribution in [2.24, 2.45) is 0 Å². The van der Waals surface area contributed by atoms with Crippen LogP contribution in [0.15, 0.2) is 72.8 Å². The third-order valence-electron chi connectivity index (χ3n) is 5.22. The van der Waals surface area contributed by atoms with Crippen LogP contribution in [-0.4, -0.2) is 23.0 Å². The number of amides is 1. The zero-order valence-corrected chi connectivity index (χ0v) is 16.8. The first-order valence-corrected chi connectivity index (χ1v) is 10.0. The summed E-state index contributed by atoms with van der Waals surface area (Å²) in [5.74, 6) is -1.02. The van der Waals surface area contributed by atoms with Crippen molar-refractivity contribution in [1.82, 2.24) is 5.32 Å². The van der Waals surface area contributed by atoms with Crippen molar-refractivity contribution in [1.29, 1.82) is 0 Å². The SMILES string of the molecule is Cc1ccc(C(=Cc2ccccc2-c2ccc(C(=O)O)cc2)C(=O)NC2CC2)cc1. The summed E-state index contributed by atoms with van der Waals surface area (Å²) in [5.41, 5.74) is 5.62. The van der Waals surface area contributed by atoms with E-state index in [-0.39, 0.29) is 17.5 Å². The molecule has 0 unspecified atom stereocenters. The summed E-state index contributed by atoms with van der Waals surface area (Å²) in [6.07, 6.45) is 3.97. The van der Waals surface area contributed by atoms with Gasteiger partial charge >= 0.3 is 5.97 Å². The van der Waals surface area contributed by atoms with Crippen LogP contribution in [0.2, 0.25) is 0 Å². The maximum Gasteiger partial charge on any atom is 0.335 e. The Kier molecular flexibility index (Phi) is 5.48. The zero-order valence-electron chi connectivity index (χ0n) is 16.8. The molecule has 4 nitrogen and oxygen atoms in total. The lowest BCUT2D eigenvalue weighted by Gasteiger charge is -2.12. The number of carbonyl (C=O) groups excluding carboxylic acids is 1. The molecule has 3 aromatic rings. The predicted molar refractivity (Wildman–Crippen MR) is 119 cm³/mol. The second-order valence-electron chi connectivity index (χ2n) is 7.64. The molecule has 3 aromatic carbocycles. The second-order valence-corrected chi connectivity index (χ2v) is 7.64. The summed E-state index contributed by atoms with van der Waals surface area (Å²) in [4.78, 5) is 24.2. The van der Waals surface area contributed by atoms with E-state index in [4.69, 9.17) is 5.11 Å². The number of aryl methyl sites for hydroxylation is 1. The maximum absolute atomic E-state index is 13.0. The summed E-state index contributed by atoms with van der Waals surface area (Å²) in [7, 11) is 0. The molecule has 1 fully saturated rings. The van der Waals surface area contributed by atoms with Crippen molar-refractivity contribution in [3.8, 4) is 11.1 Å². The molecule has 0 bridgehead atoms. The van der Waals surface area contributed by atoms with Crippen molar-refractivity contribution >= 4 is 23.5 Å². The number of benzene rings is 3. The molecule has 0 saturated heterocycles. The minimum atomic E-state index is -0.951. The van der Waals surface area contributed by atoms with Crippen LogP contribution in [0.25, 0.3) is 22.8 Å². The van der Waals surface area contributed by atoms with Gasteiger partial charge in [-0.2, -0.15) is 0 Å². The van der Waals surface area contributed by atoms with E-state index in [0.29, 0.717) is 5.57 Å². The van der Waals surface area contributed by atoms with Gasteiger partial charge in [0.2, 0.25) is 0 Å². The fourth-order valence-electron chi connectivity index (χ4n) is 3.34. The van der Waals surface area contributed by atoms with Crippen molar-refractivity contribution < 1.29 is 14.7 Å². The first-order chi connectivity index (χ1) is 14.5. The van der Waals surface area contributed by atoms with Gasteiger partial charge in [0.1, 0.15) is 0 Å². The van der Waals surface area contributed by atoms with Gasteiger partial charge in [0, 0.05) is 11.6 Å². The lowest BCUT2D eigenvalue weighted by molar-refractivity contribution is -0.115. The Morgan fingerprint density at radius 3 is 2.17 bits per heavy atom. The minimum absolute atomic E-state index is 0.0719. The highest BCUT2D eigenvalue weighted by atomic mass is 16.4. The van der Waals surface area contributed by atoms with E-state index in [0.717, 1.165) is 40.7 Å².